The number of carbonyl (C=O) groups excluding carboxylic acids is 2. The Kier molecular flexibility index (Phi) is 6.23. The lowest BCUT2D eigenvalue weighted by Gasteiger charge is -2.22. The summed E-state index contributed by atoms with van der Waals surface area (Å²) in [6.45, 7) is 3.86. The molecule has 3 rings (SSSR count). The van der Waals surface area contributed by atoms with Crippen molar-refractivity contribution in [3.63, 3.8) is 0 Å². The second-order valence-corrected chi connectivity index (χ2v) is 7.26. The fourth-order valence-corrected chi connectivity index (χ4v) is 2.78. The molecule has 2 aromatic carbocycles. The van der Waals surface area contributed by atoms with Crippen LogP contribution >= 0.6 is 11.6 Å². The first-order chi connectivity index (χ1) is 13.8. The summed E-state index contributed by atoms with van der Waals surface area (Å²) in [5.41, 5.74) is 2.49. The van der Waals surface area contributed by atoms with Crippen molar-refractivity contribution in [3.8, 4) is 5.69 Å². The summed E-state index contributed by atoms with van der Waals surface area (Å²) < 4.78 is 1.53. The van der Waals surface area contributed by atoms with E-state index in [1.54, 1.807) is 30.1 Å². The molecule has 29 heavy (non-hydrogen) atoms. The van der Waals surface area contributed by atoms with E-state index < -0.39 is 0 Å². The number of benzene rings is 2. The fourth-order valence-electron chi connectivity index (χ4n) is 2.62. The van der Waals surface area contributed by atoms with Crippen molar-refractivity contribution in [2.45, 2.75) is 26.3 Å². The zero-order valence-corrected chi connectivity index (χ0v) is 17.1. The highest BCUT2D eigenvalue weighted by molar-refractivity contribution is 6.33. The van der Waals surface area contributed by atoms with Crippen molar-refractivity contribution in [3.05, 3.63) is 64.9 Å². The summed E-state index contributed by atoms with van der Waals surface area (Å²) >= 11 is 6.21. The van der Waals surface area contributed by atoms with Gasteiger partial charge in [-0.15, -0.1) is 5.10 Å². The minimum Gasteiger partial charge on any atom is -0.339 e. The molecule has 8 nitrogen and oxygen atoms in total. The van der Waals surface area contributed by atoms with E-state index in [-0.39, 0.29) is 24.3 Å². The maximum atomic E-state index is 12.5. The summed E-state index contributed by atoms with van der Waals surface area (Å²) in [7, 11) is 1.74. The number of halogens is 1. The zero-order valence-electron chi connectivity index (χ0n) is 16.3. The monoisotopic (exact) mass is 412 g/mol. The van der Waals surface area contributed by atoms with E-state index >= 15 is 0 Å². The van der Waals surface area contributed by atoms with Gasteiger partial charge in [0.1, 0.15) is 6.33 Å². The Morgan fingerprint density at radius 3 is 2.52 bits per heavy atom. The highest BCUT2D eigenvalue weighted by Crippen LogP contribution is 2.24. The molecule has 1 N–H and O–H groups in total. The van der Waals surface area contributed by atoms with Crippen molar-refractivity contribution in [2.75, 3.05) is 12.4 Å². The van der Waals surface area contributed by atoms with Crippen molar-refractivity contribution >= 4 is 29.1 Å². The Morgan fingerprint density at radius 1 is 1.17 bits per heavy atom. The first-order valence-electron chi connectivity index (χ1n) is 9.04. The molecule has 2 amide bonds. The smallest absolute Gasteiger partial charge is 0.253 e. The quantitative estimate of drug-likeness (QED) is 0.671. The largest absolute Gasteiger partial charge is 0.339 e. The number of tetrazole rings is 1. The summed E-state index contributed by atoms with van der Waals surface area (Å²) in [6, 6.07) is 12.2. The fraction of sp³-hybridized carbons (Fsp3) is 0.250. The Labute approximate surface area is 173 Å². The number of rotatable bonds is 6. The molecule has 0 aliphatic rings. The number of nitrogens with one attached hydrogen (secondary N) is 1. The molecule has 0 fully saturated rings. The van der Waals surface area contributed by atoms with Crippen LogP contribution in [0.5, 0.6) is 0 Å². The predicted molar refractivity (Wildman–Crippen MR) is 110 cm³/mol. The summed E-state index contributed by atoms with van der Waals surface area (Å²) in [6.07, 6.45) is 1.66. The van der Waals surface area contributed by atoms with Gasteiger partial charge in [-0.25, -0.2) is 4.68 Å². The van der Waals surface area contributed by atoms with Gasteiger partial charge in [0, 0.05) is 18.7 Å². The van der Waals surface area contributed by atoms with Crippen LogP contribution in [0.15, 0.2) is 48.8 Å². The lowest BCUT2D eigenvalue weighted by molar-refractivity contribution is -0.115. The van der Waals surface area contributed by atoms with Crippen LogP contribution < -0.4 is 5.32 Å². The van der Waals surface area contributed by atoms with Crippen LogP contribution in [0.2, 0.25) is 5.02 Å². The van der Waals surface area contributed by atoms with Gasteiger partial charge in [-0.2, -0.15) is 0 Å². The maximum Gasteiger partial charge on any atom is 0.253 e. The van der Waals surface area contributed by atoms with Gasteiger partial charge < -0.3 is 10.2 Å². The van der Waals surface area contributed by atoms with Crippen LogP contribution in [-0.4, -0.2) is 50.0 Å². The number of carbonyl (C=O) groups is 2. The average Bonchev–Trinajstić information content (AvgIpc) is 3.24. The predicted octanol–water partition coefficient (Wildman–Crippen LogP) is 2.98. The normalized spacial score (nSPS) is 10.8. The highest BCUT2D eigenvalue weighted by atomic mass is 35.5. The van der Waals surface area contributed by atoms with Crippen molar-refractivity contribution in [2.24, 2.45) is 0 Å². The number of nitrogens with zero attached hydrogens (tertiary/aromatic N) is 5. The number of hydrogen-bond acceptors (Lipinski definition) is 5. The summed E-state index contributed by atoms with van der Waals surface area (Å²) in [5, 5.41) is 14.2. The van der Waals surface area contributed by atoms with Gasteiger partial charge >= 0.3 is 0 Å². The molecule has 9 heteroatoms. The molecule has 0 atom stereocenters. The Balaban J connectivity index is 1.68. The third-order valence-electron chi connectivity index (χ3n) is 4.50. The first-order valence-corrected chi connectivity index (χ1v) is 9.42. The first kappa shape index (κ1) is 20.5. The van der Waals surface area contributed by atoms with E-state index in [0.717, 1.165) is 11.3 Å². The van der Waals surface area contributed by atoms with Crippen LogP contribution in [0.4, 0.5) is 5.69 Å². The number of aromatic nitrogens is 4. The second kappa shape index (κ2) is 8.83. The molecular formula is C20H21ClN6O2. The Morgan fingerprint density at radius 2 is 1.90 bits per heavy atom. The Hall–Kier alpha value is -3.26. The van der Waals surface area contributed by atoms with Gasteiger partial charge in [0.2, 0.25) is 5.91 Å². The SMILES string of the molecule is CC(C)N(C)C(=O)c1ccc(Cl)c(NC(=O)Cc2ccc(-n3cnnn3)cc2)c1. The standard InChI is InChI=1S/C20H21ClN6O2/c1-13(2)26(3)20(29)15-6-9-17(21)18(11-15)23-19(28)10-14-4-7-16(8-5-14)27-12-22-24-25-27/h4-9,11-13H,10H2,1-3H3,(H,23,28). The van der Waals surface area contributed by atoms with Gasteiger partial charge in [0.05, 0.1) is 22.8 Å². The number of hydrogen-bond donors (Lipinski definition) is 1. The lowest BCUT2D eigenvalue weighted by atomic mass is 10.1. The highest BCUT2D eigenvalue weighted by Gasteiger charge is 2.16. The van der Waals surface area contributed by atoms with Gasteiger partial charge in [-0.3, -0.25) is 9.59 Å². The zero-order chi connectivity index (χ0) is 21.0. The maximum absolute atomic E-state index is 12.5. The van der Waals surface area contributed by atoms with E-state index in [4.69, 9.17) is 11.6 Å². The van der Waals surface area contributed by atoms with Gasteiger partial charge in [-0.1, -0.05) is 23.7 Å². The number of anilines is 1. The molecule has 0 bridgehead atoms. The molecule has 0 saturated carbocycles. The van der Waals surface area contributed by atoms with Crippen LogP contribution in [-0.2, 0) is 11.2 Å². The van der Waals surface area contributed by atoms with Crippen molar-refractivity contribution in [1.29, 1.82) is 0 Å². The summed E-state index contributed by atoms with van der Waals surface area (Å²) in [5.74, 6) is -0.366. The van der Waals surface area contributed by atoms with E-state index in [1.165, 1.54) is 11.0 Å². The molecule has 0 spiro atoms. The van der Waals surface area contributed by atoms with Crippen LogP contribution in [0.25, 0.3) is 5.69 Å². The number of amides is 2. The molecule has 1 aromatic heterocycles. The molecule has 0 unspecified atom stereocenters. The molecule has 1 heterocycles. The minimum absolute atomic E-state index is 0.0625. The van der Waals surface area contributed by atoms with Crippen LogP contribution in [0, 0.1) is 0 Å². The average molecular weight is 413 g/mol. The lowest BCUT2D eigenvalue weighted by Crippen LogP contribution is -2.33. The Bertz CT molecular complexity index is 1000. The molecule has 3 aromatic rings. The molecule has 150 valence electrons. The molecule has 0 aliphatic heterocycles. The molecule has 0 saturated heterocycles. The van der Waals surface area contributed by atoms with Crippen molar-refractivity contribution in [1.82, 2.24) is 25.1 Å². The topological polar surface area (TPSA) is 93.0 Å². The van der Waals surface area contributed by atoms with Crippen molar-refractivity contribution < 1.29 is 9.59 Å². The van der Waals surface area contributed by atoms with E-state index in [0.29, 0.717) is 16.3 Å². The minimum atomic E-state index is -0.233. The third kappa shape index (κ3) is 4.97. The van der Waals surface area contributed by atoms with E-state index in [9.17, 15) is 9.59 Å². The van der Waals surface area contributed by atoms with Gasteiger partial charge in [-0.05, 0) is 60.2 Å². The third-order valence-corrected chi connectivity index (χ3v) is 4.83. The van der Waals surface area contributed by atoms with Gasteiger partial charge in [0.25, 0.3) is 5.91 Å². The second-order valence-electron chi connectivity index (χ2n) is 6.85. The van der Waals surface area contributed by atoms with E-state index in [2.05, 4.69) is 20.8 Å². The van der Waals surface area contributed by atoms with Crippen LogP contribution in [0.3, 0.4) is 0 Å². The van der Waals surface area contributed by atoms with Gasteiger partial charge in [0.15, 0.2) is 0 Å². The van der Waals surface area contributed by atoms with Crippen LogP contribution in [0.1, 0.15) is 29.8 Å². The summed E-state index contributed by atoms with van der Waals surface area (Å²) in [4.78, 5) is 26.6. The van der Waals surface area contributed by atoms with E-state index in [1.807, 2.05) is 38.1 Å². The molecule has 0 radical (unpaired) electrons. The molecule has 0 aliphatic carbocycles. The molecular weight excluding hydrogens is 392 g/mol.